The van der Waals surface area contributed by atoms with Gasteiger partial charge in [-0.2, -0.15) is 0 Å². The Balaban J connectivity index is 1.68. The summed E-state index contributed by atoms with van der Waals surface area (Å²) in [7, 11) is 0. The minimum Gasteiger partial charge on any atom is -0.468 e. The Morgan fingerprint density at radius 2 is 2.04 bits per heavy atom. The number of nitrogens with one attached hydrogen (secondary N) is 1. The summed E-state index contributed by atoms with van der Waals surface area (Å²) < 4.78 is 19.3. The first-order valence-electron chi connectivity index (χ1n) is 8.45. The van der Waals surface area contributed by atoms with Gasteiger partial charge in [0.05, 0.1) is 17.9 Å². The lowest BCUT2D eigenvalue weighted by Crippen LogP contribution is -2.41. The molecule has 1 fully saturated rings. The average Bonchev–Trinajstić information content (AvgIpc) is 3.11. The molecule has 5 heteroatoms. The Hall–Kier alpha value is -2.14. The van der Waals surface area contributed by atoms with Crippen LogP contribution in [0.4, 0.5) is 4.39 Å². The number of hydrogen-bond acceptors (Lipinski definition) is 3. The van der Waals surface area contributed by atoms with Gasteiger partial charge in [0, 0.05) is 6.54 Å². The summed E-state index contributed by atoms with van der Waals surface area (Å²) in [5.41, 5.74) is 0.0722. The lowest BCUT2D eigenvalue weighted by Gasteiger charge is -2.35. The number of carbonyl (C=O) groups excluding carboxylic acids is 1. The maximum Gasteiger partial charge on any atom is 0.254 e. The zero-order valence-electron chi connectivity index (χ0n) is 13.9. The van der Waals surface area contributed by atoms with Crippen LogP contribution in [0.25, 0.3) is 0 Å². The van der Waals surface area contributed by atoms with Crippen LogP contribution in [0.5, 0.6) is 0 Å². The van der Waals surface area contributed by atoms with E-state index in [2.05, 4.69) is 17.1 Å². The third-order valence-corrected chi connectivity index (χ3v) is 4.71. The van der Waals surface area contributed by atoms with Gasteiger partial charge >= 0.3 is 0 Å². The highest BCUT2D eigenvalue weighted by atomic mass is 19.1. The Bertz CT molecular complexity index is 664. The molecule has 0 radical (unpaired) electrons. The monoisotopic (exact) mass is 330 g/mol. The summed E-state index contributed by atoms with van der Waals surface area (Å²) in [5.74, 6) is 0.663. The number of rotatable bonds is 5. The molecule has 3 rings (SSSR count). The fourth-order valence-electron chi connectivity index (χ4n) is 3.16. The van der Waals surface area contributed by atoms with Gasteiger partial charge in [-0.05, 0) is 56.1 Å². The molecule has 1 atom stereocenters. The van der Waals surface area contributed by atoms with Crippen molar-refractivity contribution in [3.05, 3.63) is 59.8 Å². The molecule has 0 spiro atoms. The van der Waals surface area contributed by atoms with E-state index in [1.54, 1.807) is 18.4 Å². The lowest BCUT2D eigenvalue weighted by atomic mass is 9.97. The number of piperidine rings is 1. The van der Waals surface area contributed by atoms with Gasteiger partial charge in [0.2, 0.25) is 0 Å². The minimum absolute atomic E-state index is 0.0248. The summed E-state index contributed by atoms with van der Waals surface area (Å²) in [6, 6.07) is 9.79. The predicted octanol–water partition coefficient (Wildman–Crippen LogP) is 3.62. The zero-order valence-corrected chi connectivity index (χ0v) is 13.9. The molecule has 1 saturated heterocycles. The van der Waals surface area contributed by atoms with Gasteiger partial charge in [0.15, 0.2) is 0 Å². The summed E-state index contributed by atoms with van der Waals surface area (Å²) >= 11 is 0. The molecule has 2 aromatic rings. The smallest absolute Gasteiger partial charge is 0.254 e. The molecule has 1 aromatic carbocycles. The lowest BCUT2D eigenvalue weighted by molar-refractivity contribution is 0.0892. The molecule has 1 N–H and O–H groups in total. The van der Waals surface area contributed by atoms with E-state index in [-0.39, 0.29) is 11.6 Å². The fourth-order valence-corrected chi connectivity index (χ4v) is 3.16. The molecule has 2 heterocycles. The first kappa shape index (κ1) is 16.7. The van der Waals surface area contributed by atoms with Crippen molar-refractivity contribution in [1.29, 1.82) is 0 Å². The standard InChI is InChI=1S/C19H23FN2O2/c1-14-8-10-22(11-9-14)17(18-7-4-12-24-18)13-21-19(23)15-5-2-3-6-16(15)20/h2-7,12,14,17H,8-11,13H2,1H3,(H,21,23). The zero-order chi connectivity index (χ0) is 16.9. The Labute approximate surface area is 141 Å². The number of amides is 1. The molecule has 1 aromatic heterocycles. The van der Waals surface area contributed by atoms with Crippen LogP contribution < -0.4 is 5.32 Å². The number of benzene rings is 1. The van der Waals surface area contributed by atoms with Crippen LogP contribution in [0, 0.1) is 11.7 Å². The minimum atomic E-state index is -0.503. The molecular formula is C19H23FN2O2. The predicted molar refractivity (Wildman–Crippen MR) is 90.2 cm³/mol. The third kappa shape index (κ3) is 3.85. The maximum atomic E-state index is 13.7. The molecule has 128 valence electrons. The first-order chi connectivity index (χ1) is 11.6. The van der Waals surface area contributed by atoms with E-state index in [0.717, 1.165) is 37.6 Å². The molecule has 1 amide bonds. The van der Waals surface area contributed by atoms with Crippen molar-refractivity contribution < 1.29 is 13.6 Å². The van der Waals surface area contributed by atoms with E-state index < -0.39 is 11.7 Å². The molecular weight excluding hydrogens is 307 g/mol. The number of hydrogen-bond donors (Lipinski definition) is 1. The first-order valence-corrected chi connectivity index (χ1v) is 8.45. The van der Waals surface area contributed by atoms with E-state index in [1.165, 1.54) is 12.1 Å². The van der Waals surface area contributed by atoms with Crippen LogP contribution in [0.15, 0.2) is 47.1 Å². The van der Waals surface area contributed by atoms with E-state index in [1.807, 2.05) is 12.1 Å². The Morgan fingerprint density at radius 3 is 2.71 bits per heavy atom. The SMILES string of the molecule is CC1CCN(C(CNC(=O)c2ccccc2F)c2ccco2)CC1. The van der Waals surface area contributed by atoms with Crippen LogP contribution in [0.1, 0.15) is 41.9 Å². The second-order valence-corrected chi connectivity index (χ2v) is 6.44. The molecule has 0 bridgehead atoms. The molecule has 1 aliphatic heterocycles. The summed E-state index contributed by atoms with van der Waals surface area (Å²) in [4.78, 5) is 14.6. The van der Waals surface area contributed by atoms with E-state index in [4.69, 9.17) is 4.42 Å². The maximum absolute atomic E-state index is 13.7. The van der Waals surface area contributed by atoms with Crippen molar-refractivity contribution in [3.63, 3.8) is 0 Å². The molecule has 1 unspecified atom stereocenters. The second-order valence-electron chi connectivity index (χ2n) is 6.44. The molecule has 0 aliphatic carbocycles. The van der Waals surface area contributed by atoms with Crippen LogP contribution >= 0.6 is 0 Å². The summed E-state index contributed by atoms with van der Waals surface area (Å²) in [6.07, 6.45) is 3.92. The van der Waals surface area contributed by atoms with Gasteiger partial charge in [-0.25, -0.2) is 4.39 Å². The van der Waals surface area contributed by atoms with Gasteiger partial charge in [-0.1, -0.05) is 19.1 Å². The number of nitrogens with zero attached hydrogens (tertiary/aromatic N) is 1. The van der Waals surface area contributed by atoms with Crippen LogP contribution in [-0.4, -0.2) is 30.4 Å². The van der Waals surface area contributed by atoms with Crippen molar-refractivity contribution in [2.24, 2.45) is 5.92 Å². The number of furan rings is 1. The van der Waals surface area contributed by atoms with Crippen molar-refractivity contribution >= 4 is 5.91 Å². The molecule has 4 nitrogen and oxygen atoms in total. The van der Waals surface area contributed by atoms with E-state index >= 15 is 0 Å². The fraction of sp³-hybridized carbons (Fsp3) is 0.421. The van der Waals surface area contributed by atoms with Gasteiger partial charge in [-0.3, -0.25) is 9.69 Å². The van der Waals surface area contributed by atoms with E-state index in [9.17, 15) is 9.18 Å². The van der Waals surface area contributed by atoms with E-state index in [0.29, 0.717) is 6.54 Å². The molecule has 0 saturated carbocycles. The highest BCUT2D eigenvalue weighted by Gasteiger charge is 2.27. The Kier molecular flexibility index (Phi) is 5.30. The largest absolute Gasteiger partial charge is 0.468 e. The number of carbonyl (C=O) groups is 1. The molecule has 24 heavy (non-hydrogen) atoms. The second kappa shape index (κ2) is 7.62. The summed E-state index contributed by atoms with van der Waals surface area (Å²) in [6.45, 7) is 4.61. The van der Waals surface area contributed by atoms with Gasteiger partial charge in [-0.15, -0.1) is 0 Å². The van der Waals surface area contributed by atoms with Crippen molar-refractivity contribution in [1.82, 2.24) is 10.2 Å². The van der Waals surface area contributed by atoms with Crippen molar-refractivity contribution in [3.8, 4) is 0 Å². The van der Waals surface area contributed by atoms with Crippen LogP contribution in [0.2, 0.25) is 0 Å². The van der Waals surface area contributed by atoms with Crippen molar-refractivity contribution in [2.75, 3.05) is 19.6 Å². The average molecular weight is 330 g/mol. The highest BCUT2D eigenvalue weighted by molar-refractivity contribution is 5.94. The molecule has 1 aliphatic rings. The quantitative estimate of drug-likeness (QED) is 0.911. The third-order valence-electron chi connectivity index (χ3n) is 4.71. The van der Waals surface area contributed by atoms with Gasteiger partial charge in [0.1, 0.15) is 11.6 Å². The normalized spacial score (nSPS) is 17.6. The van der Waals surface area contributed by atoms with Gasteiger partial charge < -0.3 is 9.73 Å². The Morgan fingerprint density at radius 1 is 1.29 bits per heavy atom. The van der Waals surface area contributed by atoms with Crippen molar-refractivity contribution in [2.45, 2.75) is 25.8 Å². The summed E-state index contributed by atoms with van der Waals surface area (Å²) in [5, 5.41) is 2.86. The number of likely N-dealkylation sites (tertiary alicyclic amines) is 1. The highest BCUT2D eigenvalue weighted by Crippen LogP contribution is 2.26. The van der Waals surface area contributed by atoms with Crippen LogP contribution in [0.3, 0.4) is 0 Å². The number of halogens is 1. The van der Waals surface area contributed by atoms with Crippen LogP contribution in [-0.2, 0) is 0 Å². The van der Waals surface area contributed by atoms with Gasteiger partial charge in [0.25, 0.3) is 5.91 Å². The topological polar surface area (TPSA) is 45.5 Å².